The molecule has 0 aliphatic heterocycles. The number of rotatable bonds is 6. The van der Waals surface area contributed by atoms with E-state index in [0.29, 0.717) is 18.8 Å². The van der Waals surface area contributed by atoms with Crippen LogP contribution in [0.4, 0.5) is 13.2 Å². The van der Waals surface area contributed by atoms with Crippen LogP contribution in [0.2, 0.25) is 0 Å². The molecule has 0 radical (unpaired) electrons. The summed E-state index contributed by atoms with van der Waals surface area (Å²) in [5.74, 6) is 0.683. The largest absolute Gasteiger partial charge is 0.389 e. The first-order valence-electron chi connectivity index (χ1n) is 5.12. The summed E-state index contributed by atoms with van der Waals surface area (Å²) >= 11 is 0. The van der Waals surface area contributed by atoms with Crippen molar-refractivity contribution < 1.29 is 13.2 Å². The SMILES string of the molecule is CC(CCCC(F)(F)F)NCc1ncn[nH]1. The van der Waals surface area contributed by atoms with Crippen LogP contribution in [-0.2, 0) is 6.54 Å². The fourth-order valence-electron chi connectivity index (χ4n) is 1.30. The van der Waals surface area contributed by atoms with E-state index in [4.69, 9.17) is 0 Å². The maximum atomic E-state index is 11.9. The van der Waals surface area contributed by atoms with Gasteiger partial charge in [0.05, 0.1) is 6.54 Å². The maximum Gasteiger partial charge on any atom is 0.389 e. The number of halogens is 3. The Hall–Kier alpha value is -1.11. The number of nitrogens with one attached hydrogen (secondary N) is 2. The Morgan fingerprint density at radius 3 is 2.81 bits per heavy atom. The average molecular weight is 236 g/mol. The van der Waals surface area contributed by atoms with Gasteiger partial charge in [-0.3, -0.25) is 5.10 Å². The fraction of sp³-hybridized carbons (Fsp3) is 0.778. The molecule has 0 aliphatic rings. The molecule has 0 aliphatic carbocycles. The highest BCUT2D eigenvalue weighted by Crippen LogP contribution is 2.22. The zero-order valence-electron chi connectivity index (χ0n) is 9.01. The van der Waals surface area contributed by atoms with Crippen LogP contribution in [0.1, 0.15) is 32.0 Å². The highest BCUT2D eigenvalue weighted by Gasteiger charge is 2.26. The number of hydrogen-bond donors (Lipinski definition) is 2. The fourth-order valence-corrected chi connectivity index (χ4v) is 1.30. The molecule has 2 N–H and O–H groups in total. The van der Waals surface area contributed by atoms with E-state index in [2.05, 4.69) is 20.5 Å². The third-order valence-electron chi connectivity index (χ3n) is 2.18. The van der Waals surface area contributed by atoms with Gasteiger partial charge in [0, 0.05) is 12.5 Å². The van der Waals surface area contributed by atoms with Gasteiger partial charge in [-0.15, -0.1) is 0 Å². The van der Waals surface area contributed by atoms with Gasteiger partial charge in [-0.25, -0.2) is 4.98 Å². The minimum atomic E-state index is -4.05. The number of nitrogens with zero attached hydrogens (tertiary/aromatic N) is 2. The number of aromatic nitrogens is 3. The van der Waals surface area contributed by atoms with E-state index in [0.717, 1.165) is 0 Å². The molecule has 0 fully saturated rings. The first kappa shape index (κ1) is 13.0. The summed E-state index contributed by atoms with van der Waals surface area (Å²) in [7, 11) is 0. The Kier molecular flexibility index (Phi) is 4.72. The number of aromatic amines is 1. The van der Waals surface area contributed by atoms with E-state index >= 15 is 0 Å². The van der Waals surface area contributed by atoms with Gasteiger partial charge in [-0.05, 0) is 19.8 Å². The van der Waals surface area contributed by atoms with Gasteiger partial charge in [0.2, 0.25) is 0 Å². The molecule has 1 unspecified atom stereocenters. The first-order chi connectivity index (χ1) is 7.47. The number of H-pyrrole nitrogens is 1. The van der Waals surface area contributed by atoms with E-state index in [-0.39, 0.29) is 12.5 Å². The van der Waals surface area contributed by atoms with E-state index in [9.17, 15) is 13.2 Å². The van der Waals surface area contributed by atoms with Crippen LogP contribution in [0.3, 0.4) is 0 Å². The summed E-state index contributed by atoms with van der Waals surface area (Å²) in [5.41, 5.74) is 0. The highest BCUT2D eigenvalue weighted by molar-refractivity contribution is 4.79. The predicted molar refractivity (Wildman–Crippen MR) is 52.6 cm³/mol. The van der Waals surface area contributed by atoms with Crippen molar-refractivity contribution in [2.24, 2.45) is 0 Å². The average Bonchev–Trinajstić information content (AvgIpc) is 2.65. The maximum absolute atomic E-state index is 11.9. The minimum Gasteiger partial charge on any atom is -0.307 e. The second-order valence-electron chi connectivity index (χ2n) is 3.72. The van der Waals surface area contributed by atoms with Crippen molar-refractivity contribution in [2.45, 2.75) is 44.9 Å². The summed E-state index contributed by atoms with van der Waals surface area (Å²) in [4.78, 5) is 3.90. The third-order valence-corrected chi connectivity index (χ3v) is 2.18. The summed E-state index contributed by atoms with van der Waals surface area (Å²) < 4.78 is 35.6. The Morgan fingerprint density at radius 1 is 1.50 bits per heavy atom. The van der Waals surface area contributed by atoms with Gasteiger partial charge < -0.3 is 5.32 Å². The molecule has 1 rings (SSSR count). The second kappa shape index (κ2) is 5.83. The van der Waals surface area contributed by atoms with Gasteiger partial charge in [0.15, 0.2) is 0 Å². The van der Waals surface area contributed by atoms with Crippen molar-refractivity contribution in [2.75, 3.05) is 0 Å². The Labute approximate surface area is 91.6 Å². The molecule has 7 heteroatoms. The normalized spacial score (nSPS) is 14.0. The summed E-state index contributed by atoms with van der Waals surface area (Å²) in [5, 5.41) is 9.41. The molecule has 1 aromatic rings. The van der Waals surface area contributed by atoms with Crippen LogP contribution in [0.5, 0.6) is 0 Å². The highest BCUT2D eigenvalue weighted by atomic mass is 19.4. The van der Waals surface area contributed by atoms with Crippen LogP contribution in [0.25, 0.3) is 0 Å². The molecule has 16 heavy (non-hydrogen) atoms. The van der Waals surface area contributed by atoms with Crippen LogP contribution in [-0.4, -0.2) is 27.4 Å². The van der Waals surface area contributed by atoms with Crippen molar-refractivity contribution >= 4 is 0 Å². The van der Waals surface area contributed by atoms with Crippen LogP contribution < -0.4 is 5.32 Å². The molecule has 0 spiro atoms. The molecule has 92 valence electrons. The zero-order valence-corrected chi connectivity index (χ0v) is 9.01. The molecule has 0 saturated heterocycles. The standard InChI is InChI=1S/C9H15F3N4/c1-7(3-2-4-9(10,11)12)13-5-8-14-6-15-16-8/h6-7,13H,2-5H2,1H3,(H,14,15,16). The van der Waals surface area contributed by atoms with Gasteiger partial charge >= 0.3 is 6.18 Å². The van der Waals surface area contributed by atoms with E-state index in [1.54, 1.807) is 0 Å². The second-order valence-corrected chi connectivity index (χ2v) is 3.72. The van der Waals surface area contributed by atoms with Crippen molar-refractivity contribution in [1.82, 2.24) is 20.5 Å². The Balaban J connectivity index is 2.09. The molecule has 0 bridgehead atoms. The van der Waals surface area contributed by atoms with Gasteiger partial charge in [-0.2, -0.15) is 18.3 Å². The summed E-state index contributed by atoms with van der Waals surface area (Å²) in [6.07, 6.45) is -2.74. The van der Waals surface area contributed by atoms with Crippen LogP contribution in [0, 0.1) is 0 Å². The third kappa shape index (κ3) is 5.69. The Morgan fingerprint density at radius 2 is 2.25 bits per heavy atom. The molecular formula is C9H15F3N4. The molecule has 0 aromatic carbocycles. The molecule has 0 amide bonds. The monoisotopic (exact) mass is 236 g/mol. The lowest BCUT2D eigenvalue weighted by Gasteiger charge is -2.13. The van der Waals surface area contributed by atoms with Crippen molar-refractivity contribution in [3.63, 3.8) is 0 Å². The summed E-state index contributed by atoms with van der Waals surface area (Å²) in [6.45, 7) is 2.35. The van der Waals surface area contributed by atoms with Gasteiger partial charge in [0.1, 0.15) is 12.2 Å². The van der Waals surface area contributed by atoms with Gasteiger partial charge in [0.25, 0.3) is 0 Å². The predicted octanol–water partition coefficient (Wildman–Crippen LogP) is 2.02. The van der Waals surface area contributed by atoms with E-state index in [1.807, 2.05) is 6.92 Å². The molecular weight excluding hydrogens is 221 g/mol. The molecule has 0 saturated carbocycles. The molecule has 1 aromatic heterocycles. The topological polar surface area (TPSA) is 53.6 Å². The van der Waals surface area contributed by atoms with Gasteiger partial charge in [-0.1, -0.05) is 0 Å². The lowest BCUT2D eigenvalue weighted by Crippen LogP contribution is -2.26. The lowest BCUT2D eigenvalue weighted by molar-refractivity contribution is -0.135. The van der Waals surface area contributed by atoms with E-state index < -0.39 is 12.6 Å². The molecule has 4 nitrogen and oxygen atoms in total. The van der Waals surface area contributed by atoms with Crippen LogP contribution in [0.15, 0.2) is 6.33 Å². The van der Waals surface area contributed by atoms with Crippen LogP contribution >= 0.6 is 0 Å². The van der Waals surface area contributed by atoms with Crippen molar-refractivity contribution in [3.8, 4) is 0 Å². The minimum absolute atomic E-state index is 0.0347. The number of hydrogen-bond acceptors (Lipinski definition) is 3. The lowest BCUT2D eigenvalue weighted by atomic mass is 10.1. The zero-order chi connectivity index (χ0) is 12.0. The van der Waals surface area contributed by atoms with Crippen molar-refractivity contribution in [3.05, 3.63) is 12.2 Å². The van der Waals surface area contributed by atoms with E-state index in [1.165, 1.54) is 6.33 Å². The Bertz CT molecular complexity index is 283. The quantitative estimate of drug-likeness (QED) is 0.794. The first-order valence-corrected chi connectivity index (χ1v) is 5.12. The molecule has 1 atom stereocenters. The smallest absolute Gasteiger partial charge is 0.307 e. The summed E-state index contributed by atoms with van der Waals surface area (Å²) in [6, 6.07) is 0.0347. The number of alkyl halides is 3. The van der Waals surface area contributed by atoms with Crippen molar-refractivity contribution in [1.29, 1.82) is 0 Å². The molecule has 1 heterocycles.